The molecule has 4 aliphatic heterocycles. The Labute approximate surface area is 396 Å². The van der Waals surface area contributed by atoms with Crippen LogP contribution in [-0.2, 0) is 32.7 Å². The number of nitrogen functional groups attached to an aromatic ring is 1. The number of carbonyl (C=O) groups excluding carboxylic acids is 2. The van der Waals surface area contributed by atoms with E-state index in [9.17, 15) is 26.8 Å². The van der Waals surface area contributed by atoms with Crippen molar-refractivity contribution in [3.63, 3.8) is 0 Å². The molecule has 0 saturated carbocycles. The number of hydrogen-bond donors (Lipinski definition) is 2. The second kappa shape index (κ2) is 21.6. The van der Waals surface area contributed by atoms with Crippen LogP contribution in [0.2, 0.25) is 10.0 Å². The van der Waals surface area contributed by atoms with E-state index in [1.54, 1.807) is 48.6 Å². The molecule has 4 aromatic rings. The zero-order chi connectivity index (χ0) is 47.1. The van der Waals surface area contributed by atoms with Crippen molar-refractivity contribution in [1.82, 2.24) is 19.6 Å². The number of anilines is 2. The lowest BCUT2D eigenvalue weighted by atomic mass is 10.1. The molecule has 0 aromatic heterocycles. The quantitative estimate of drug-likeness (QED) is 0.0942. The molecular weight excluding hydrogens is 910 g/mol. The maximum atomic E-state index is 13.2. The normalized spacial score (nSPS) is 20.7. The molecule has 4 heterocycles. The highest BCUT2D eigenvalue weighted by atomic mass is 35.5. The SMILES string of the molecule is CCOc1cc(/C=C/C(=O)N2C3CCC2CN(Cc2ccc(F)cc2)C3)c(N)cc1Cl.CCOc1cc(/C=C/C(=O)N2C3CCC2CN(Cc2ccc(F)cc2)C3)c(NS(C)(=O)=O)cc1Cl. The van der Waals surface area contributed by atoms with E-state index >= 15 is 0 Å². The first-order valence-electron chi connectivity index (χ1n) is 22.2. The Morgan fingerprint density at radius 1 is 0.682 bits per heavy atom. The number of nitrogens with zero attached hydrogens (tertiary/aromatic N) is 4. The highest BCUT2D eigenvalue weighted by molar-refractivity contribution is 7.92. The minimum absolute atomic E-state index is 0.00115. The van der Waals surface area contributed by atoms with Gasteiger partial charge in [0.2, 0.25) is 21.8 Å². The maximum absolute atomic E-state index is 13.2. The number of likely N-dealkylation sites (tertiary alicyclic amines) is 2. The predicted molar refractivity (Wildman–Crippen MR) is 257 cm³/mol. The van der Waals surface area contributed by atoms with Gasteiger partial charge in [0, 0.05) is 92.4 Å². The highest BCUT2D eigenvalue weighted by Crippen LogP contribution is 2.36. The molecule has 4 unspecified atom stereocenters. The van der Waals surface area contributed by atoms with Gasteiger partial charge in [0.05, 0.1) is 35.2 Å². The summed E-state index contributed by atoms with van der Waals surface area (Å²) < 4.78 is 63.5. The summed E-state index contributed by atoms with van der Waals surface area (Å²) in [5.41, 5.74) is 10.2. The van der Waals surface area contributed by atoms with Crippen LogP contribution in [0, 0.1) is 11.6 Å². The van der Waals surface area contributed by atoms with Crippen molar-refractivity contribution >= 4 is 68.6 Å². The molecular formula is C49H56Cl2F2N6O6S. The molecule has 0 spiro atoms. The molecule has 4 fully saturated rings. The fourth-order valence-corrected chi connectivity index (χ4v) is 10.4. The molecule has 4 saturated heterocycles. The van der Waals surface area contributed by atoms with Crippen LogP contribution in [0.4, 0.5) is 20.2 Å². The smallest absolute Gasteiger partial charge is 0.247 e. The molecule has 17 heteroatoms. The van der Waals surface area contributed by atoms with Crippen molar-refractivity contribution in [3.05, 3.63) is 129 Å². The summed E-state index contributed by atoms with van der Waals surface area (Å²) in [6.45, 7) is 9.25. The van der Waals surface area contributed by atoms with E-state index in [0.29, 0.717) is 46.5 Å². The van der Waals surface area contributed by atoms with Crippen LogP contribution in [0.5, 0.6) is 11.5 Å². The standard InChI is InChI=1S/C25H29ClFN3O4S.C24H27ClFN3O2/c1-3-34-24-12-18(23(13-22(24)26)28-35(2,32)33)6-11-25(31)30-20-9-10-21(30)16-29(15-20)14-17-4-7-19(27)8-5-17;1-2-31-23-11-17(22(27)12-21(23)25)5-10-24(30)29-19-8-9-20(29)15-28(14-19)13-16-3-6-18(26)7-4-16/h4-8,11-13,20-21,28H,3,9-10,14-16H2,1-2H3;3-7,10-12,19-20H,2,8-9,13-15,27H2,1H3/b11-6+;10-5+. The van der Waals surface area contributed by atoms with Crippen molar-refractivity contribution in [1.29, 1.82) is 0 Å². The summed E-state index contributed by atoms with van der Waals surface area (Å²) in [5.74, 6) is 0.383. The molecule has 4 aliphatic rings. The highest BCUT2D eigenvalue weighted by Gasteiger charge is 2.43. The Morgan fingerprint density at radius 3 is 1.48 bits per heavy atom. The number of nitrogens with one attached hydrogen (secondary N) is 1. The Hall–Kier alpha value is -5.19. The van der Waals surface area contributed by atoms with Gasteiger partial charge >= 0.3 is 0 Å². The van der Waals surface area contributed by atoms with Crippen LogP contribution in [0.3, 0.4) is 0 Å². The average molecular weight is 966 g/mol. The van der Waals surface area contributed by atoms with Gasteiger partial charge < -0.3 is 25.0 Å². The largest absolute Gasteiger partial charge is 0.492 e. The first kappa shape index (κ1) is 48.7. The van der Waals surface area contributed by atoms with Gasteiger partial charge in [-0.15, -0.1) is 0 Å². The van der Waals surface area contributed by atoms with Gasteiger partial charge in [-0.3, -0.25) is 24.1 Å². The number of hydrogen-bond acceptors (Lipinski definition) is 9. The van der Waals surface area contributed by atoms with Gasteiger partial charge in [-0.05, 0) is 111 Å². The zero-order valence-electron chi connectivity index (χ0n) is 37.3. The van der Waals surface area contributed by atoms with Crippen LogP contribution in [0.25, 0.3) is 12.2 Å². The monoisotopic (exact) mass is 964 g/mol. The number of fused-ring (bicyclic) bond motifs is 4. The van der Waals surface area contributed by atoms with Crippen molar-refractivity contribution in [2.24, 2.45) is 0 Å². The van der Waals surface area contributed by atoms with Crippen LogP contribution in [0.1, 0.15) is 61.8 Å². The molecule has 0 radical (unpaired) electrons. The summed E-state index contributed by atoms with van der Waals surface area (Å²) >= 11 is 12.4. The molecule has 2 amide bonds. The number of sulfonamides is 1. The first-order chi connectivity index (χ1) is 31.6. The van der Waals surface area contributed by atoms with Gasteiger partial charge in [-0.2, -0.15) is 0 Å². The third-order valence-electron chi connectivity index (χ3n) is 12.2. The van der Waals surface area contributed by atoms with Crippen molar-refractivity contribution in [3.8, 4) is 11.5 Å². The van der Waals surface area contributed by atoms with E-state index in [0.717, 1.165) is 82.3 Å². The zero-order valence-corrected chi connectivity index (χ0v) is 39.6. The fraction of sp³-hybridized carbons (Fsp3) is 0.388. The number of piperazine rings is 2. The minimum atomic E-state index is -3.55. The second-order valence-electron chi connectivity index (χ2n) is 17.1. The summed E-state index contributed by atoms with van der Waals surface area (Å²) in [7, 11) is -3.55. The Balaban J connectivity index is 0.000000198. The first-order valence-corrected chi connectivity index (χ1v) is 24.8. The molecule has 352 valence electrons. The van der Waals surface area contributed by atoms with E-state index in [4.69, 9.17) is 38.4 Å². The van der Waals surface area contributed by atoms with E-state index in [1.807, 2.05) is 35.8 Å². The predicted octanol–water partition coefficient (Wildman–Crippen LogP) is 8.49. The molecule has 12 nitrogen and oxygen atoms in total. The molecule has 8 rings (SSSR count). The maximum Gasteiger partial charge on any atom is 0.247 e. The van der Waals surface area contributed by atoms with Crippen LogP contribution in [-0.4, -0.2) is 110 Å². The second-order valence-corrected chi connectivity index (χ2v) is 19.7. The molecule has 4 aromatic carbocycles. The number of amides is 2. The topological polar surface area (TPSA) is 138 Å². The summed E-state index contributed by atoms with van der Waals surface area (Å²) in [4.78, 5) is 34.8. The van der Waals surface area contributed by atoms with Gasteiger partial charge in [0.1, 0.15) is 23.1 Å². The summed E-state index contributed by atoms with van der Waals surface area (Å²) in [5, 5.41) is 0.731. The van der Waals surface area contributed by atoms with Crippen molar-refractivity contribution in [2.45, 2.75) is 76.8 Å². The van der Waals surface area contributed by atoms with Crippen LogP contribution in [0.15, 0.2) is 84.9 Å². The number of halogens is 4. The summed E-state index contributed by atoms with van der Waals surface area (Å²) in [6.07, 6.45) is 11.3. The van der Waals surface area contributed by atoms with Crippen LogP contribution < -0.4 is 19.9 Å². The molecule has 3 N–H and O–H groups in total. The number of ether oxygens (including phenoxy) is 2. The number of rotatable bonds is 14. The minimum Gasteiger partial charge on any atom is -0.492 e. The Kier molecular flexibility index (Phi) is 16.0. The number of benzene rings is 4. The lowest BCUT2D eigenvalue weighted by Crippen LogP contribution is -2.55. The van der Waals surface area contributed by atoms with Gasteiger partial charge in [0.15, 0.2) is 0 Å². The summed E-state index contributed by atoms with van der Waals surface area (Å²) in [6, 6.07) is 20.3. The fourth-order valence-electron chi connectivity index (χ4n) is 9.40. The third kappa shape index (κ3) is 12.4. The molecule has 4 bridgehead atoms. The molecule has 66 heavy (non-hydrogen) atoms. The molecule has 4 atom stereocenters. The van der Waals surface area contributed by atoms with Crippen LogP contribution >= 0.6 is 23.2 Å². The van der Waals surface area contributed by atoms with E-state index in [2.05, 4.69) is 14.5 Å². The van der Waals surface area contributed by atoms with E-state index < -0.39 is 10.0 Å². The van der Waals surface area contributed by atoms with Crippen molar-refractivity contribution < 1.29 is 36.3 Å². The third-order valence-corrected chi connectivity index (χ3v) is 13.4. The molecule has 0 aliphatic carbocycles. The van der Waals surface area contributed by atoms with Gasteiger partial charge in [-0.1, -0.05) is 47.5 Å². The number of carbonyl (C=O) groups is 2. The lowest BCUT2D eigenvalue weighted by molar-refractivity contribution is -0.132. The van der Waals surface area contributed by atoms with E-state index in [1.165, 1.54) is 36.4 Å². The lowest BCUT2D eigenvalue weighted by Gasteiger charge is -2.40. The number of nitrogens with two attached hydrogens (primary N) is 1. The van der Waals surface area contributed by atoms with Gasteiger partial charge in [0.25, 0.3) is 0 Å². The Morgan fingerprint density at radius 2 is 1.08 bits per heavy atom. The Bertz CT molecular complexity index is 2520. The average Bonchev–Trinajstić information content (AvgIpc) is 3.70. The van der Waals surface area contributed by atoms with Gasteiger partial charge in [-0.25, -0.2) is 17.2 Å². The van der Waals surface area contributed by atoms with E-state index in [-0.39, 0.29) is 58.3 Å². The van der Waals surface area contributed by atoms with Crippen molar-refractivity contribution in [2.75, 3.05) is 56.1 Å².